The van der Waals surface area contributed by atoms with Crippen LogP contribution in [0.5, 0.6) is 0 Å². The lowest BCUT2D eigenvalue weighted by Gasteiger charge is -2.26. The summed E-state index contributed by atoms with van der Waals surface area (Å²) in [7, 11) is 0. The van der Waals surface area contributed by atoms with Gasteiger partial charge >= 0.3 is 0 Å². The van der Waals surface area contributed by atoms with E-state index in [1.54, 1.807) is 0 Å². The number of nitrogens with zero attached hydrogens (tertiary/aromatic N) is 5. The minimum atomic E-state index is 0.743. The largest absolute Gasteiger partial charge is 0.379 e. The maximum Gasteiger partial charge on any atom is 0.199 e. The van der Waals surface area contributed by atoms with Gasteiger partial charge in [0.15, 0.2) is 4.77 Å². The summed E-state index contributed by atoms with van der Waals surface area (Å²) in [5, 5.41) is 4.94. The van der Waals surface area contributed by atoms with Gasteiger partial charge in [-0.25, -0.2) is 4.68 Å². The topological polar surface area (TPSA) is 38.5 Å². The third kappa shape index (κ3) is 5.00. The van der Waals surface area contributed by atoms with Crippen molar-refractivity contribution in [3.63, 3.8) is 0 Å². The Morgan fingerprint density at radius 1 is 0.963 bits per heavy atom. The summed E-state index contributed by atoms with van der Waals surface area (Å²) in [4.78, 5) is 4.86. The Hall–Kier alpha value is -1.19. The van der Waals surface area contributed by atoms with Crippen molar-refractivity contribution in [3.05, 3.63) is 46.5 Å². The summed E-state index contributed by atoms with van der Waals surface area (Å²) in [5.74, 6) is 3.48. The molecule has 0 spiro atoms. The summed E-state index contributed by atoms with van der Waals surface area (Å²) < 4.78 is 10.5. The molecule has 2 aliphatic rings. The van der Waals surface area contributed by atoms with Crippen molar-refractivity contribution in [2.24, 2.45) is 0 Å². The standard InChI is InChI=1S/C19H27N5OS2/c26-19-23(14-17-4-2-1-3-5-17)18(15-21-8-12-27-13-9-21)20-24(19)16-22-6-10-25-11-7-22/h1-5H,6-16H2. The van der Waals surface area contributed by atoms with E-state index >= 15 is 0 Å². The van der Waals surface area contributed by atoms with Gasteiger partial charge in [0.2, 0.25) is 0 Å². The summed E-state index contributed by atoms with van der Waals surface area (Å²) in [5.41, 5.74) is 1.26. The Kier molecular flexibility index (Phi) is 6.62. The summed E-state index contributed by atoms with van der Waals surface area (Å²) in [6, 6.07) is 10.5. The van der Waals surface area contributed by atoms with Gasteiger partial charge in [0.05, 0.1) is 33.0 Å². The highest BCUT2D eigenvalue weighted by Gasteiger charge is 2.19. The zero-order valence-electron chi connectivity index (χ0n) is 15.6. The predicted octanol–water partition coefficient (Wildman–Crippen LogP) is 2.30. The van der Waals surface area contributed by atoms with Gasteiger partial charge in [0.1, 0.15) is 5.82 Å². The van der Waals surface area contributed by atoms with Crippen molar-refractivity contribution in [2.75, 3.05) is 50.9 Å². The van der Waals surface area contributed by atoms with Crippen LogP contribution in [-0.2, 0) is 24.5 Å². The van der Waals surface area contributed by atoms with Crippen molar-refractivity contribution in [2.45, 2.75) is 19.8 Å². The Bertz CT molecular complexity index is 779. The fourth-order valence-corrected chi connectivity index (χ4v) is 4.76. The van der Waals surface area contributed by atoms with Crippen LogP contribution in [0.15, 0.2) is 30.3 Å². The Balaban J connectivity index is 1.57. The van der Waals surface area contributed by atoms with E-state index in [9.17, 15) is 0 Å². The van der Waals surface area contributed by atoms with Gasteiger partial charge in [0, 0.05) is 37.7 Å². The van der Waals surface area contributed by atoms with Gasteiger partial charge in [-0.15, -0.1) is 0 Å². The molecule has 2 saturated heterocycles. The molecule has 2 aliphatic heterocycles. The third-order valence-corrected chi connectivity index (χ3v) is 6.46. The molecule has 0 saturated carbocycles. The van der Waals surface area contributed by atoms with Crippen LogP contribution in [0.3, 0.4) is 0 Å². The molecule has 1 aromatic carbocycles. The lowest BCUT2D eigenvalue weighted by Crippen LogP contribution is -2.37. The molecule has 2 aromatic rings. The number of hydrogen-bond donors (Lipinski definition) is 0. The second-order valence-electron chi connectivity index (χ2n) is 7.03. The van der Waals surface area contributed by atoms with E-state index in [1.807, 2.05) is 16.4 Å². The quantitative estimate of drug-likeness (QED) is 0.687. The number of aromatic nitrogens is 3. The first-order chi connectivity index (χ1) is 13.3. The van der Waals surface area contributed by atoms with E-state index in [0.29, 0.717) is 0 Å². The fraction of sp³-hybridized carbons (Fsp3) is 0.579. The Morgan fingerprint density at radius 2 is 1.70 bits per heavy atom. The molecule has 0 bridgehead atoms. The first-order valence-corrected chi connectivity index (χ1v) is 11.2. The van der Waals surface area contributed by atoms with Crippen LogP contribution >= 0.6 is 24.0 Å². The maximum atomic E-state index is 5.83. The summed E-state index contributed by atoms with van der Waals surface area (Å²) >= 11 is 7.87. The van der Waals surface area contributed by atoms with Crippen molar-refractivity contribution in [3.8, 4) is 0 Å². The van der Waals surface area contributed by atoms with Gasteiger partial charge in [0.25, 0.3) is 0 Å². The van der Waals surface area contributed by atoms with Crippen molar-refractivity contribution in [1.82, 2.24) is 24.1 Å². The molecule has 0 atom stereocenters. The molecule has 146 valence electrons. The third-order valence-electron chi connectivity index (χ3n) is 5.09. The van der Waals surface area contributed by atoms with E-state index in [2.05, 4.69) is 44.7 Å². The molecule has 0 unspecified atom stereocenters. The van der Waals surface area contributed by atoms with Gasteiger partial charge in [-0.05, 0) is 17.8 Å². The minimum Gasteiger partial charge on any atom is -0.379 e. The Morgan fingerprint density at radius 3 is 2.44 bits per heavy atom. The zero-order chi connectivity index (χ0) is 18.5. The molecule has 0 N–H and O–H groups in total. The second-order valence-corrected chi connectivity index (χ2v) is 8.62. The molecule has 8 heteroatoms. The molecule has 27 heavy (non-hydrogen) atoms. The molecule has 2 fully saturated rings. The van der Waals surface area contributed by atoms with Gasteiger partial charge in [-0.1, -0.05) is 30.3 Å². The molecular formula is C19H27N5OS2. The predicted molar refractivity (Wildman–Crippen MR) is 112 cm³/mol. The molecule has 0 amide bonds. The van der Waals surface area contributed by atoms with Crippen molar-refractivity contribution < 1.29 is 4.74 Å². The SMILES string of the molecule is S=c1n(CN2CCOCC2)nc(CN2CCSCC2)n1Cc1ccccc1. The molecule has 0 aliphatic carbocycles. The molecule has 0 radical (unpaired) electrons. The number of benzene rings is 1. The average Bonchev–Trinajstić information content (AvgIpc) is 2.99. The van der Waals surface area contributed by atoms with Crippen LogP contribution in [0, 0.1) is 4.77 Å². The van der Waals surface area contributed by atoms with E-state index < -0.39 is 0 Å². The second kappa shape index (κ2) is 9.34. The van der Waals surface area contributed by atoms with E-state index in [1.165, 1.54) is 17.1 Å². The average molecular weight is 406 g/mol. The lowest BCUT2D eigenvalue weighted by molar-refractivity contribution is 0.0208. The summed E-state index contributed by atoms with van der Waals surface area (Å²) in [6.45, 7) is 8.09. The normalized spacial score (nSPS) is 19.4. The number of morpholine rings is 1. The molecule has 4 rings (SSSR count). The van der Waals surface area contributed by atoms with Crippen LogP contribution in [0.25, 0.3) is 0 Å². The molecular weight excluding hydrogens is 378 g/mol. The highest BCUT2D eigenvalue weighted by molar-refractivity contribution is 7.99. The maximum absolute atomic E-state index is 5.83. The first-order valence-electron chi connectivity index (χ1n) is 9.60. The number of ether oxygens (including phenoxy) is 1. The fourth-order valence-electron chi connectivity index (χ4n) is 3.51. The van der Waals surface area contributed by atoms with Gasteiger partial charge < -0.3 is 4.74 Å². The molecule has 6 nitrogen and oxygen atoms in total. The van der Waals surface area contributed by atoms with Crippen LogP contribution in [0.4, 0.5) is 0 Å². The van der Waals surface area contributed by atoms with Crippen LogP contribution in [0.2, 0.25) is 0 Å². The lowest BCUT2D eigenvalue weighted by atomic mass is 10.2. The smallest absolute Gasteiger partial charge is 0.199 e. The molecule has 1 aromatic heterocycles. The highest BCUT2D eigenvalue weighted by Crippen LogP contribution is 2.15. The van der Waals surface area contributed by atoms with E-state index in [-0.39, 0.29) is 0 Å². The van der Waals surface area contributed by atoms with Crippen molar-refractivity contribution in [1.29, 1.82) is 0 Å². The molecule has 3 heterocycles. The number of hydrogen-bond acceptors (Lipinski definition) is 6. The van der Waals surface area contributed by atoms with Crippen LogP contribution in [0.1, 0.15) is 11.4 Å². The van der Waals surface area contributed by atoms with Crippen LogP contribution < -0.4 is 0 Å². The van der Waals surface area contributed by atoms with E-state index in [0.717, 1.165) is 69.7 Å². The van der Waals surface area contributed by atoms with E-state index in [4.69, 9.17) is 22.1 Å². The summed E-state index contributed by atoms with van der Waals surface area (Å²) in [6.07, 6.45) is 0. The highest BCUT2D eigenvalue weighted by atomic mass is 32.2. The monoisotopic (exact) mass is 405 g/mol. The number of thioether (sulfide) groups is 1. The van der Waals surface area contributed by atoms with Crippen LogP contribution in [-0.4, -0.2) is 75.0 Å². The number of rotatable bonds is 6. The zero-order valence-corrected chi connectivity index (χ0v) is 17.3. The van der Waals surface area contributed by atoms with Gasteiger partial charge in [-0.3, -0.25) is 14.4 Å². The Labute approximate surface area is 170 Å². The first kappa shape index (κ1) is 19.1. The minimum absolute atomic E-state index is 0.743. The van der Waals surface area contributed by atoms with Gasteiger partial charge in [-0.2, -0.15) is 16.9 Å². The van der Waals surface area contributed by atoms with Crippen molar-refractivity contribution >= 4 is 24.0 Å².